The van der Waals surface area contributed by atoms with Crippen molar-refractivity contribution < 1.29 is 0 Å². The van der Waals surface area contributed by atoms with Crippen molar-refractivity contribution >= 4 is 0 Å². The molecule has 1 nitrogen and oxygen atoms in total. The fourth-order valence-corrected chi connectivity index (χ4v) is 4.56. The first-order chi connectivity index (χ1) is 9.13. The largest absolute Gasteiger partial charge is 0.309 e. The van der Waals surface area contributed by atoms with Gasteiger partial charge < -0.3 is 4.90 Å². The van der Waals surface area contributed by atoms with Crippen molar-refractivity contribution in [3.05, 3.63) is 35.4 Å². The van der Waals surface area contributed by atoms with E-state index >= 15 is 0 Å². The minimum Gasteiger partial charge on any atom is -0.309 e. The van der Waals surface area contributed by atoms with Crippen molar-refractivity contribution in [2.45, 2.75) is 38.5 Å². The van der Waals surface area contributed by atoms with E-state index in [-0.39, 0.29) is 0 Å². The second-order valence-electron chi connectivity index (χ2n) is 7.12. The highest BCUT2D eigenvalue weighted by Crippen LogP contribution is 2.52. The highest BCUT2D eigenvalue weighted by Gasteiger charge is 2.42. The smallest absolute Gasteiger partial charge is 0.00121 e. The molecule has 2 aliphatic carbocycles. The third kappa shape index (κ3) is 2.72. The predicted octanol–water partition coefficient (Wildman–Crippen LogP) is 4.08. The van der Waals surface area contributed by atoms with Crippen LogP contribution in [0.4, 0.5) is 0 Å². The molecule has 104 valence electrons. The maximum Gasteiger partial charge on any atom is 0.00121 e. The van der Waals surface area contributed by atoms with Crippen molar-refractivity contribution in [3.8, 4) is 0 Å². The topological polar surface area (TPSA) is 3.24 Å². The molecule has 2 bridgehead atoms. The van der Waals surface area contributed by atoms with Crippen molar-refractivity contribution in [1.82, 2.24) is 4.90 Å². The van der Waals surface area contributed by atoms with E-state index < -0.39 is 0 Å². The van der Waals surface area contributed by atoms with Crippen LogP contribution >= 0.6 is 0 Å². The molecule has 0 aliphatic heterocycles. The summed E-state index contributed by atoms with van der Waals surface area (Å²) in [7, 11) is 4.46. The molecule has 1 heteroatoms. The second kappa shape index (κ2) is 5.28. The lowest BCUT2D eigenvalue weighted by atomic mass is 9.69. The molecule has 0 spiro atoms. The van der Waals surface area contributed by atoms with Crippen molar-refractivity contribution in [2.75, 3.05) is 20.6 Å². The van der Waals surface area contributed by atoms with Crippen LogP contribution in [0.3, 0.4) is 0 Å². The highest BCUT2D eigenvalue weighted by atomic mass is 15.1. The summed E-state index contributed by atoms with van der Waals surface area (Å²) in [5.41, 5.74) is 3.02. The maximum absolute atomic E-state index is 2.43. The summed E-state index contributed by atoms with van der Waals surface area (Å²) in [5, 5.41) is 0. The van der Waals surface area contributed by atoms with Crippen molar-refractivity contribution in [2.24, 2.45) is 17.8 Å². The fourth-order valence-electron chi connectivity index (χ4n) is 4.56. The minimum atomic E-state index is 0.800. The zero-order valence-corrected chi connectivity index (χ0v) is 12.6. The Kier molecular flexibility index (Phi) is 3.66. The first-order valence-corrected chi connectivity index (χ1v) is 7.85. The maximum atomic E-state index is 2.43. The van der Waals surface area contributed by atoms with Crippen molar-refractivity contribution in [3.63, 3.8) is 0 Å². The van der Waals surface area contributed by atoms with E-state index in [0.29, 0.717) is 0 Å². The van der Waals surface area contributed by atoms with Crippen LogP contribution in [0.25, 0.3) is 0 Å². The molecule has 0 N–H and O–H groups in total. The molecule has 2 fully saturated rings. The molecule has 0 saturated heterocycles. The van der Waals surface area contributed by atoms with E-state index in [0.717, 1.165) is 23.7 Å². The van der Waals surface area contributed by atoms with Crippen LogP contribution in [0, 0.1) is 24.7 Å². The van der Waals surface area contributed by atoms with Gasteiger partial charge in [0.15, 0.2) is 0 Å². The second-order valence-corrected chi connectivity index (χ2v) is 7.12. The molecule has 2 aliphatic rings. The summed E-state index contributed by atoms with van der Waals surface area (Å²) in [4.78, 5) is 2.39. The fraction of sp³-hybridized carbons (Fsp3) is 0.667. The van der Waals surface area contributed by atoms with E-state index in [2.05, 4.69) is 50.2 Å². The van der Waals surface area contributed by atoms with Crippen LogP contribution in [-0.4, -0.2) is 25.5 Å². The zero-order valence-electron chi connectivity index (χ0n) is 12.6. The SMILES string of the molecule is Cc1cccc([C@@H]2C[C@@H]3CC[C@@H](C3)[C@@H]2CN(C)C)c1. The van der Waals surface area contributed by atoms with E-state index in [1.54, 1.807) is 5.56 Å². The molecule has 1 aromatic rings. The van der Waals surface area contributed by atoms with E-state index in [4.69, 9.17) is 0 Å². The number of fused-ring (bicyclic) bond motifs is 2. The molecule has 1 aromatic carbocycles. The van der Waals surface area contributed by atoms with Gasteiger partial charge in [-0.2, -0.15) is 0 Å². The summed E-state index contributed by atoms with van der Waals surface area (Å²) in [6.07, 6.45) is 5.89. The molecule has 4 atom stereocenters. The number of aryl methyl sites for hydroxylation is 1. The lowest BCUT2D eigenvalue weighted by Gasteiger charge is -2.38. The number of nitrogens with zero attached hydrogens (tertiary/aromatic N) is 1. The molecule has 0 radical (unpaired) electrons. The van der Waals surface area contributed by atoms with Crippen LogP contribution in [0.15, 0.2) is 24.3 Å². The van der Waals surface area contributed by atoms with Gasteiger partial charge in [0.2, 0.25) is 0 Å². The minimum absolute atomic E-state index is 0.800. The number of benzene rings is 1. The van der Waals surface area contributed by atoms with Gasteiger partial charge in [0.1, 0.15) is 0 Å². The van der Waals surface area contributed by atoms with Crippen LogP contribution in [0.5, 0.6) is 0 Å². The molecule has 0 aromatic heterocycles. The Hall–Kier alpha value is -0.820. The Morgan fingerprint density at radius 1 is 1.16 bits per heavy atom. The summed E-state index contributed by atoms with van der Waals surface area (Å²) in [6, 6.07) is 9.26. The van der Waals surface area contributed by atoms with Gasteiger partial charge in [-0.15, -0.1) is 0 Å². The lowest BCUT2D eigenvalue weighted by molar-refractivity contribution is 0.165. The van der Waals surface area contributed by atoms with Gasteiger partial charge in [0.25, 0.3) is 0 Å². The molecular weight excluding hydrogens is 230 g/mol. The first kappa shape index (κ1) is 13.2. The summed E-state index contributed by atoms with van der Waals surface area (Å²) < 4.78 is 0. The molecule has 3 rings (SSSR count). The molecule has 2 saturated carbocycles. The Morgan fingerprint density at radius 2 is 2.00 bits per heavy atom. The Bertz CT molecular complexity index is 437. The van der Waals surface area contributed by atoms with Gasteiger partial charge in [-0.05, 0) is 69.5 Å². The third-order valence-electron chi connectivity index (χ3n) is 5.34. The Labute approximate surface area is 118 Å². The van der Waals surface area contributed by atoms with Gasteiger partial charge in [-0.1, -0.05) is 36.2 Å². The standard InChI is InChI=1S/C18H27N/c1-13-5-4-6-15(9-13)17-11-14-7-8-16(10-14)18(17)12-19(2)3/h4-6,9,14,16-18H,7-8,10-12H2,1-3H3/t14-,16+,17+,18+/m1/s1. The number of hydrogen-bond acceptors (Lipinski definition) is 1. The first-order valence-electron chi connectivity index (χ1n) is 7.85. The Balaban J connectivity index is 1.88. The zero-order chi connectivity index (χ0) is 13.4. The van der Waals surface area contributed by atoms with E-state index in [1.807, 2.05) is 0 Å². The Morgan fingerprint density at radius 3 is 2.74 bits per heavy atom. The van der Waals surface area contributed by atoms with E-state index in [9.17, 15) is 0 Å². The van der Waals surface area contributed by atoms with Crippen LogP contribution in [0.1, 0.15) is 42.7 Å². The molecule has 19 heavy (non-hydrogen) atoms. The van der Waals surface area contributed by atoms with Crippen LogP contribution in [0.2, 0.25) is 0 Å². The average Bonchev–Trinajstić information content (AvgIpc) is 2.75. The molecule has 0 amide bonds. The lowest BCUT2D eigenvalue weighted by Crippen LogP contribution is -2.34. The predicted molar refractivity (Wildman–Crippen MR) is 81.4 cm³/mol. The highest BCUT2D eigenvalue weighted by molar-refractivity contribution is 5.27. The summed E-state index contributed by atoms with van der Waals surface area (Å²) in [6.45, 7) is 3.48. The number of hydrogen-bond donors (Lipinski definition) is 0. The van der Waals surface area contributed by atoms with Gasteiger partial charge >= 0.3 is 0 Å². The normalized spacial score (nSPS) is 33.9. The third-order valence-corrected chi connectivity index (χ3v) is 5.34. The molecular formula is C18H27N. The van der Waals surface area contributed by atoms with Gasteiger partial charge in [-0.25, -0.2) is 0 Å². The van der Waals surface area contributed by atoms with E-state index in [1.165, 1.54) is 37.8 Å². The van der Waals surface area contributed by atoms with Crippen LogP contribution < -0.4 is 0 Å². The van der Waals surface area contributed by atoms with Crippen molar-refractivity contribution in [1.29, 1.82) is 0 Å². The number of rotatable bonds is 3. The van der Waals surface area contributed by atoms with Crippen LogP contribution in [-0.2, 0) is 0 Å². The molecule has 0 unspecified atom stereocenters. The average molecular weight is 257 g/mol. The molecule has 0 heterocycles. The van der Waals surface area contributed by atoms with Gasteiger partial charge in [-0.3, -0.25) is 0 Å². The van der Waals surface area contributed by atoms with Gasteiger partial charge in [0.05, 0.1) is 0 Å². The van der Waals surface area contributed by atoms with Gasteiger partial charge in [0, 0.05) is 6.54 Å². The summed E-state index contributed by atoms with van der Waals surface area (Å²) in [5.74, 6) is 3.66. The summed E-state index contributed by atoms with van der Waals surface area (Å²) >= 11 is 0. The monoisotopic (exact) mass is 257 g/mol. The quantitative estimate of drug-likeness (QED) is 0.789.